The first kappa shape index (κ1) is 26.9. The molecule has 0 heterocycles. The second-order valence-corrected chi connectivity index (χ2v) is 10.7. The molecule has 0 saturated carbocycles. The first-order chi connectivity index (χ1) is 18.3. The van der Waals surface area contributed by atoms with Gasteiger partial charge < -0.3 is 10.1 Å². The average molecular weight is 549 g/mol. The van der Waals surface area contributed by atoms with Crippen LogP contribution in [0, 0.1) is 6.92 Å². The van der Waals surface area contributed by atoms with Crippen LogP contribution in [0.3, 0.4) is 0 Å². The van der Waals surface area contributed by atoms with Crippen LogP contribution >= 0.6 is 11.6 Å². The predicted octanol–water partition coefficient (Wildman–Crippen LogP) is 5.76. The van der Waals surface area contributed by atoms with Crippen molar-refractivity contribution in [3.05, 3.63) is 119 Å². The van der Waals surface area contributed by atoms with Crippen molar-refractivity contribution in [3.63, 3.8) is 0 Å². The van der Waals surface area contributed by atoms with Gasteiger partial charge in [0.25, 0.3) is 10.0 Å². The van der Waals surface area contributed by atoms with E-state index in [9.17, 15) is 18.0 Å². The minimum atomic E-state index is -4.16. The van der Waals surface area contributed by atoms with Crippen molar-refractivity contribution in [3.8, 4) is 11.5 Å². The van der Waals surface area contributed by atoms with Gasteiger partial charge in [-0.25, -0.2) is 8.42 Å². The highest BCUT2D eigenvalue weighted by Gasteiger charge is 2.29. The minimum Gasteiger partial charge on any atom is -0.457 e. The van der Waals surface area contributed by atoms with Crippen molar-refractivity contribution >= 4 is 39.5 Å². The van der Waals surface area contributed by atoms with Crippen molar-refractivity contribution in [2.24, 2.45) is 0 Å². The van der Waals surface area contributed by atoms with Crippen molar-refractivity contribution in [1.82, 2.24) is 5.32 Å². The lowest BCUT2D eigenvalue weighted by atomic mass is 10.1. The van der Waals surface area contributed by atoms with Crippen LogP contribution < -0.4 is 14.4 Å². The highest BCUT2D eigenvalue weighted by atomic mass is 35.5. The van der Waals surface area contributed by atoms with Gasteiger partial charge in [0.1, 0.15) is 24.3 Å². The molecule has 0 aliphatic heterocycles. The lowest BCUT2D eigenvalue weighted by Gasteiger charge is -2.26. The minimum absolute atomic E-state index is 0.0104. The maximum Gasteiger partial charge on any atom is 0.264 e. The second-order valence-electron chi connectivity index (χ2n) is 8.42. The molecule has 1 amide bonds. The van der Waals surface area contributed by atoms with Crippen molar-refractivity contribution in [2.75, 3.05) is 10.8 Å². The maximum atomic E-state index is 13.8. The zero-order valence-electron chi connectivity index (χ0n) is 20.5. The Morgan fingerprint density at radius 2 is 1.61 bits per heavy atom. The number of sulfonamides is 1. The van der Waals surface area contributed by atoms with Crippen LogP contribution in [-0.4, -0.2) is 27.2 Å². The maximum absolute atomic E-state index is 13.8. The summed E-state index contributed by atoms with van der Waals surface area (Å²) in [6, 6.07) is 26.8. The lowest BCUT2D eigenvalue weighted by Crippen LogP contribution is -2.41. The van der Waals surface area contributed by atoms with E-state index in [0.717, 1.165) is 10.6 Å². The number of carbonyl (C=O) groups excluding carboxylic acids is 2. The molecule has 0 unspecified atom stereocenters. The van der Waals surface area contributed by atoms with Gasteiger partial charge in [0.05, 0.1) is 10.6 Å². The summed E-state index contributed by atoms with van der Waals surface area (Å²) in [7, 11) is -4.16. The van der Waals surface area contributed by atoms with Gasteiger partial charge in [0, 0.05) is 17.1 Å². The van der Waals surface area contributed by atoms with Gasteiger partial charge in [-0.3, -0.25) is 13.9 Å². The number of aldehydes is 1. The molecule has 0 radical (unpaired) electrons. The topological polar surface area (TPSA) is 92.8 Å². The quantitative estimate of drug-likeness (QED) is 0.254. The molecular formula is C29H25ClN2O5S. The number of hydrogen-bond acceptors (Lipinski definition) is 5. The monoisotopic (exact) mass is 548 g/mol. The molecule has 38 heavy (non-hydrogen) atoms. The average Bonchev–Trinajstić information content (AvgIpc) is 2.93. The molecule has 194 valence electrons. The van der Waals surface area contributed by atoms with Gasteiger partial charge in [-0.05, 0) is 72.6 Å². The summed E-state index contributed by atoms with van der Waals surface area (Å²) in [5.74, 6) is 0.569. The summed E-state index contributed by atoms with van der Waals surface area (Å²) in [4.78, 5) is 24.0. The van der Waals surface area contributed by atoms with E-state index in [1.807, 2.05) is 18.2 Å². The van der Waals surface area contributed by atoms with Crippen molar-refractivity contribution in [1.29, 1.82) is 0 Å². The Balaban J connectivity index is 1.59. The number of hydrogen-bond donors (Lipinski definition) is 1. The Labute approximate surface area is 226 Å². The van der Waals surface area contributed by atoms with E-state index in [-0.39, 0.29) is 11.4 Å². The van der Waals surface area contributed by atoms with Crippen LogP contribution in [0.25, 0.3) is 0 Å². The Morgan fingerprint density at radius 3 is 2.32 bits per heavy atom. The molecule has 1 N–H and O–H groups in total. The number of rotatable bonds is 10. The molecule has 0 spiro atoms. The van der Waals surface area contributed by atoms with Crippen LogP contribution in [0.1, 0.15) is 21.5 Å². The number of nitrogens with one attached hydrogen (secondary N) is 1. The molecule has 0 aromatic heterocycles. The van der Waals surface area contributed by atoms with Crippen LogP contribution in [0.4, 0.5) is 5.69 Å². The summed E-state index contributed by atoms with van der Waals surface area (Å²) in [5, 5.41) is 3.11. The lowest BCUT2D eigenvalue weighted by molar-refractivity contribution is -0.119. The second kappa shape index (κ2) is 11.9. The molecule has 0 aliphatic carbocycles. The van der Waals surface area contributed by atoms with E-state index < -0.39 is 22.5 Å². The molecule has 4 rings (SSSR count). The Bertz CT molecular complexity index is 1540. The molecule has 0 fully saturated rings. The van der Waals surface area contributed by atoms with Crippen molar-refractivity contribution < 1.29 is 22.7 Å². The van der Waals surface area contributed by atoms with E-state index in [4.69, 9.17) is 16.3 Å². The molecule has 0 aliphatic rings. The molecule has 0 bridgehead atoms. The zero-order chi connectivity index (χ0) is 27.1. The van der Waals surface area contributed by atoms with Crippen LogP contribution in [0.2, 0.25) is 5.02 Å². The SMILES string of the molecule is Cc1c(Cl)cccc1N(CC(=O)NCc1cccc(C=O)c1)S(=O)(=O)c1ccc(Oc2ccccc2)cc1. The van der Waals surface area contributed by atoms with Crippen molar-refractivity contribution in [2.45, 2.75) is 18.4 Å². The number of halogens is 1. The normalized spacial score (nSPS) is 11.0. The standard InChI is InChI=1S/C29H25ClN2O5S/c1-21-27(30)11-6-12-28(21)32(19-29(34)31-18-22-7-5-8-23(17-22)20-33)38(35,36)26-15-13-25(14-16-26)37-24-9-3-2-4-10-24/h2-17,20H,18-19H2,1H3,(H,31,34). The van der Waals surface area contributed by atoms with E-state index in [2.05, 4.69) is 5.32 Å². The van der Waals surface area contributed by atoms with Crippen LogP contribution in [0.15, 0.2) is 102 Å². The van der Waals surface area contributed by atoms with Gasteiger partial charge in [-0.15, -0.1) is 0 Å². The molecule has 0 atom stereocenters. The summed E-state index contributed by atoms with van der Waals surface area (Å²) < 4.78 is 34.4. The number of ether oxygens (including phenoxy) is 1. The molecule has 7 nitrogen and oxygen atoms in total. The molecule has 4 aromatic carbocycles. The fourth-order valence-electron chi connectivity index (χ4n) is 3.76. The van der Waals surface area contributed by atoms with E-state index >= 15 is 0 Å². The highest BCUT2D eigenvalue weighted by molar-refractivity contribution is 7.92. The van der Waals surface area contributed by atoms with Gasteiger partial charge in [0.15, 0.2) is 0 Å². The third-order valence-corrected chi connectivity index (χ3v) is 7.95. The fourth-order valence-corrected chi connectivity index (χ4v) is 5.41. The number of amides is 1. The Morgan fingerprint density at radius 1 is 0.921 bits per heavy atom. The smallest absolute Gasteiger partial charge is 0.264 e. The van der Waals surface area contributed by atoms with Crippen LogP contribution in [-0.2, 0) is 21.4 Å². The van der Waals surface area contributed by atoms with Gasteiger partial charge in [0.2, 0.25) is 5.91 Å². The fraction of sp³-hybridized carbons (Fsp3) is 0.103. The highest BCUT2D eigenvalue weighted by Crippen LogP contribution is 2.31. The van der Waals surface area contributed by atoms with Gasteiger partial charge in [-0.1, -0.05) is 54.1 Å². The first-order valence-electron chi connectivity index (χ1n) is 11.7. The number of carbonyl (C=O) groups is 2. The van der Waals surface area contributed by atoms with Crippen LogP contribution in [0.5, 0.6) is 11.5 Å². The third kappa shape index (κ3) is 6.40. The Hall–Kier alpha value is -4.14. The molecule has 9 heteroatoms. The summed E-state index contributed by atoms with van der Waals surface area (Å²) in [5.41, 5.74) is 2.01. The molecule has 0 saturated heterocycles. The van der Waals surface area contributed by atoms with Gasteiger partial charge >= 0.3 is 0 Å². The summed E-state index contributed by atoms with van der Waals surface area (Å²) in [6.07, 6.45) is 0.720. The van der Waals surface area contributed by atoms with Gasteiger partial charge in [-0.2, -0.15) is 0 Å². The number of anilines is 1. The third-order valence-electron chi connectivity index (χ3n) is 5.76. The summed E-state index contributed by atoms with van der Waals surface area (Å²) >= 11 is 6.29. The molecular weight excluding hydrogens is 524 g/mol. The molecule has 4 aromatic rings. The number of nitrogens with zero attached hydrogens (tertiary/aromatic N) is 1. The number of benzene rings is 4. The largest absolute Gasteiger partial charge is 0.457 e. The van der Waals surface area contributed by atoms with E-state index in [0.29, 0.717) is 38.9 Å². The Kier molecular flexibility index (Phi) is 8.45. The zero-order valence-corrected chi connectivity index (χ0v) is 22.1. The first-order valence-corrected chi connectivity index (χ1v) is 13.5. The van der Waals surface area contributed by atoms with E-state index in [1.165, 1.54) is 12.1 Å². The van der Waals surface area contributed by atoms with E-state index in [1.54, 1.807) is 73.7 Å². The number of para-hydroxylation sites is 1. The predicted molar refractivity (Wildman–Crippen MR) is 147 cm³/mol. The summed E-state index contributed by atoms with van der Waals surface area (Å²) in [6.45, 7) is 1.35.